The fourth-order valence-electron chi connectivity index (χ4n) is 3.07. The van der Waals surface area contributed by atoms with Crippen LogP contribution in [0, 0.1) is 0 Å². The smallest absolute Gasteiger partial charge is 0.340 e. The summed E-state index contributed by atoms with van der Waals surface area (Å²) < 4.78 is 9.99. The van der Waals surface area contributed by atoms with Gasteiger partial charge in [0.1, 0.15) is 0 Å². The van der Waals surface area contributed by atoms with Gasteiger partial charge in [-0.1, -0.05) is 29.3 Å². The van der Waals surface area contributed by atoms with Crippen LogP contribution < -0.4 is 9.64 Å². The standard InChI is InChI=1S/C21H17Cl2NO5/c1-11-19(21(27)29-3)14(8-12-4-7-17(25)18(9-12)28-2)20(26)24(11)13-5-6-15(22)16(23)10-13/h4-10,25H,1-3H3/b14-8-. The fourth-order valence-corrected chi connectivity index (χ4v) is 3.36. The summed E-state index contributed by atoms with van der Waals surface area (Å²) in [6.45, 7) is 1.64. The van der Waals surface area contributed by atoms with Crippen molar-refractivity contribution in [2.24, 2.45) is 0 Å². The lowest BCUT2D eigenvalue weighted by Crippen LogP contribution is -2.24. The van der Waals surface area contributed by atoms with E-state index in [2.05, 4.69) is 0 Å². The number of anilines is 1. The molecule has 150 valence electrons. The molecule has 0 bridgehead atoms. The zero-order valence-corrected chi connectivity index (χ0v) is 17.3. The molecule has 1 aliphatic heterocycles. The van der Waals surface area contributed by atoms with Gasteiger partial charge in [-0.3, -0.25) is 9.69 Å². The molecule has 0 atom stereocenters. The van der Waals surface area contributed by atoms with Gasteiger partial charge < -0.3 is 14.6 Å². The molecule has 1 aliphatic rings. The highest BCUT2D eigenvalue weighted by Gasteiger charge is 2.38. The predicted octanol–water partition coefficient (Wildman–Crippen LogP) is 4.58. The number of esters is 1. The van der Waals surface area contributed by atoms with Gasteiger partial charge in [-0.15, -0.1) is 0 Å². The predicted molar refractivity (Wildman–Crippen MR) is 111 cm³/mol. The quantitative estimate of drug-likeness (QED) is 0.563. The van der Waals surface area contributed by atoms with Crippen LogP contribution in [0.25, 0.3) is 6.08 Å². The maximum atomic E-state index is 13.2. The molecule has 0 fully saturated rings. The van der Waals surface area contributed by atoms with Crippen LogP contribution in [-0.2, 0) is 14.3 Å². The number of nitrogens with zero attached hydrogens (tertiary/aromatic N) is 1. The molecule has 0 radical (unpaired) electrons. The summed E-state index contributed by atoms with van der Waals surface area (Å²) in [7, 11) is 2.67. The van der Waals surface area contributed by atoms with E-state index in [0.29, 0.717) is 22.0 Å². The first-order valence-corrected chi connectivity index (χ1v) is 9.21. The van der Waals surface area contributed by atoms with Crippen molar-refractivity contribution in [3.63, 3.8) is 0 Å². The largest absolute Gasteiger partial charge is 0.504 e. The van der Waals surface area contributed by atoms with E-state index < -0.39 is 11.9 Å². The number of aromatic hydroxyl groups is 1. The maximum Gasteiger partial charge on any atom is 0.340 e. The highest BCUT2D eigenvalue weighted by atomic mass is 35.5. The third-order valence-electron chi connectivity index (χ3n) is 4.47. The van der Waals surface area contributed by atoms with E-state index in [1.165, 1.54) is 31.3 Å². The molecular formula is C21H17Cl2NO5. The maximum absolute atomic E-state index is 13.2. The Labute approximate surface area is 177 Å². The fraction of sp³-hybridized carbons (Fsp3) is 0.143. The van der Waals surface area contributed by atoms with Crippen LogP contribution in [0.5, 0.6) is 11.5 Å². The lowest BCUT2D eigenvalue weighted by Gasteiger charge is -2.18. The molecule has 0 saturated carbocycles. The van der Waals surface area contributed by atoms with E-state index in [4.69, 9.17) is 32.7 Å². The zero-order valence-electron chi connectivity index (χ0n) is 15.8. The van der Waals surface area contributed by atoms with Gasteiger partial charge in [0.25, 0.3) is 5.91 Å². The molecular weight excluding hydrogens is 417 g/mol. The van der Waals surface area contributed by atoms with Crippen LogP contribution >= 0.6 is 23.2 Å². The number of benzene rings is 2. The summed E-state index contributed by atoms with van der Waals surface area (Å²) in [5.41, 5.74) is 1.71. The van der Waals surface area contributed by atoms with Crippen molar-refractivity contribution in [3.05, 3.63) is 68.9 Å². The number of rotatable bonds is 4. The number of carbonyl (C=O) groups excluding carboxylic acids is 2. The van der Waals surface area contributed by atoms with E-state index in [-0.39, 0.29) is 27.7 Å². The number of hydrogen-bond acceptors (Lipinski definition) is 5. The number of hydrogen-bond donors (Lipinski definition) is 1. The summed E-state index contributed by atoms with van der Waals surface area (Å²) in [6.07, 6.45) is 1.54. The minimum absolute atomic E-state index is 0.0373. The first-order valence-electron chi connectivity index (χ1n) is 8.46. The van der Waals surface area contributed by atoms with Crippen LogP contribution in [0.3, 0.4) is 0 Å². The Hall–Kier alpha value is -2.96. The molecule has 1 N–H and O–H groups in total. The Morgan fingerprint density at radius 2 is 1.83 bits per heavy atom. The second-order valence-electron chi connectivity index (χ2n) is 6.18. The Kier molecular flexibility index (Phi) is 5.86. The lowest BCUT2D eigenvalue weighted by atomic mass is 10.0. The third-order valence-corrected chi connectivity index (χ3v) is 5.20. The van der Waals surface area contributed by atoms with Gasteiger partial charge >= 0.3 is 5.97 Å². The summed E-state index contributed by atoms with van der Waals surface area (Å²) in [5.74, 6) is -0.861. The van der Waals surface area contributed by atoms with E-state index in [9.17, 15) is 14.7 Å². The van der Waals surface area contributed by atoms with Gasteiger partial charge in [0, 0.05) is 5.70 Å². The lowest BCUT2D eigenvalue weighted by molar-refractivity contribution is -0.136. The van der Waals surface area contributed by atoms with E-state index >= 15 is 0 Å². The Balaban J connectivity index is 2.15. The minimum Gasteiger partial charge on any atom is -0.504 e. The molecule has 0 unspecified atom stereocenters. The highest BCUT2D eigenvalue weighted by molar-refractivity contribution is 6.42. The Morgan fingerprint density at radius 3 is 2.45 bits per heavy atom. The number of amides is 1. The number of phenolic OH excluding ortho intramolecular Hbond substituents is 1. The summed E-state index contributed by atoms with van der Waals surface area (Å²) in [5, 5.41) is 10.4. The van der Waals surface area contributed by atoms with Crippen molar-refractivity contribution in [2.45, 2.75) is 6.92 Å². The van der Waals surface area contributed by atoms with Crippen LogP contribution in [0.4, 0.5) is 5.69 Å². The van der Waals surface area contributed by atoms with Gasteiger partial charge in [0.15, 0.2) is 11.5 Å². The molecule has 6 nitrogen and oxygen atoms in total. The molecule has 1 amide bonds. The topological polar surface area (TPSA) is 76.1 Å². The van der Waals surface area contributed by atoms with Gasteiger partial charge in [-0.25, -0.2) is 4.79 Å². The summed E-state index contributed by atoms with van der Waals surface area (Å²) in [4.78, 5) is 27.0. The van der Waals surface area contributed by atoms with Crippen LogP contribution in [0.2, 0.25) is 10.0 Å². The average Bonchev–Trinajstić information content (AvgIpc) is 2.94. The number of halogens is 2. The third kappa shape index (κ3) is 3.81. The van der Waals surface area contributed by atoms with Crippen molar-refractivity contribution < 1.29 is 24.2 Å². The molecule has 1 heterocycles. The minimum atomic E-state index is -0.643. The van der Waals surface area contributed by atoms with Crippen molar-refractivity contribution in [1.29, 1.82) is 0 Å². The molecule has 2 aromatic rings. The van der Waals surface area contributed by atoms with Crippen molar-refractivity contribution in [2.75, 3.05) is 19.1 Å². The van der Waals surface area contributed by atoms with Crippen molar-refractivity contribution >= 4 is 46.8 Å². The second-order valence-corrected chi connectivity index (χ2v) is 6.99. The number of carbonyl (C=O) groups is 2. The van der Waals surface area contributed by atoms with E-state index in [1.807, 2.05) is 0 Å². The normalized spacial score (nSPS) is 15.3. The Morgan fingerprint density at radius 1 is 1.10 bits per heavy atom. The second kappa shape index (κ2) is 8.19. The summed E-state index contributed by atoms with van der Waals surface area (Å²) >= 11 is 12.1. The summed E-state index contributed by atoms with van der Waals surface area (Å²) in [6, 6.07) is 9.36. The average molecular weight is 434 g/mol. The van der Waals surface area contributed by atoms with Crippen LogP contribution in [-0.4, -0.2) is 31.2 Å². The highest BCUT2D eigenvalue weighted by Crippen LogP contribution is 2.38. The molecule has 8 heteroatoms. The number of methoxy groups -OCH3 is 2. The van der Waals surface area contributed by atoms with Crippen LogP contribution in [0.1, 0.15) is 12.5 Å². The first kappa shape index (κ1) is 20.8. The van der Waals surface area contributed by atoms with E-state index in [1.54, 1.807) is 37.3 Å². The van der Waals surface area contributed by atoms with Gasteiger partial charge in [0.2, 0.25) is 0 Å². The molecule has 0 aliphatic carbocycles. The zero-order chi connectivity index (χ0) is 21.3. The first-order chi connectivity index (χ1) is 13.8. The van der Waals surface area contributed by atoms with Gasteiger partial charge in [0.05, 0.1) is 41.1 Å². The van der Waals surface area contributed by atoms with Gasteiger partial charge in [-0.05, 0) is 48.9 Å². The number of ether oxygens (including phenoxy) is 2. The van der Waals surface area contributed by atoms with E-state index in [0.717, 1.165) is 0 Å². The van der Waals surface area contributed by atoms with Crippen LogP contribution in [0.15, 0.2) is 53.2 Å². The monoisotopic (exact) mass is 433 g/mol. The Bertz CT molecular complexity index is 1070. The number of phenols is 1. The molecule has 0 spiro atoms. The SMILES string of the molecule is COC(=O)C1=C(C)N(c2ccc(Cl)c(Cl)c2)C(=O)/C1=C\c1ccc(O)c(OC)c1. The molecule has 29 heavy (non-hydrogen) atoms. The van der Waals surface area contributed by atoms with Gasteiger partial charge in [-0.2, -0.15) is 0 Å². The number of allylic oxidation sites excluding steroid dienone is 1. The molecule has 0 aromatic heterocycles. The molecule has 2 aromatic carbocycles. The molecule has 3 rings (SSSR count). The molecule has 0 saturated heterocycles. The van der Waals surface area contributed by atoms with Crippen molar-refractivity contribution in [1.82, 2.24) is 0 Å². The van der Waals surface area contributed by atoms with Crippen molar-refractivity contribution in [3.8, 4) is 11.5 Å².